The molecule has 20 heavy (non-hydrogen) atoms. The van der Waals surface area contributed by atoms with Crippen molar-refractivity contribution in [2.75, 3.05) is 6.54 Å². The van der Waals surface area contributed by atoms with E-state index in [0.29, 0.717) is 5.92 Å². The first-order valence-corrected chi connectivity index (χ1v) is 7.16. The van der Waals surface area contributed by atoms with Crippen LogP contribution in [-0.2, 0) is 9.59 Å². The molecule has 4 heteroatoms. The van der Waals surface area contributed by atoms with Crippen molar-refractivity contribution in [3.05, 3.63) is 35.9 Å². The Morgan fingerprint density at radius 3 is 2.40 bits per heavy atom. The van der Waals surface area contributed by atoms with Crippen LogP contribution in [0.4, 0.5) is 0 Å². The van der Waals surface area contributed by atoms with Crippen molar-refractivity contribution in [1.29, 1.82) is 0 Å². The summed E-state index contributed by atoms with van der Waals surface area (Å²) in [5.74, 6) is 0.452. The predicted molar refractivity (Wildman–Crippen MR) is 75.8 cm³/mol. The van der Waals surface area contributed by atoms with E-state index in [9.17, 15) is 9.59 Å². The Labute approximate surface area is 119 Å². The molecule has 0 spiro atoms. The van der Waals surface area contributed by atoms with Gasteiger partial charge in [0.25, 0.3) is 5.91 Å². The molecule has 1 atom stereocenters. The summed E-state index contributed by atoms with van der Waals surface area (Å²) in [5.41, 5.74) is 0.615. The van der Waals surface area contributed by atoms with E-state index in [1.165, 1.54) is 0 Å². The lowest BCUT2D eigenvalue weighted by Gasteiger charge is -2.43. The van der Waals surface area contributed by atoms with Crippen molar-refractivity contribution in [1.82, 2.24) is 10.2 Å². The molecule has 2 fully saturated rings. The zero-order valence-corrected chi connectivity index (χ0v) is 11.9. The molecular formula is C16H20N2O2. The fourth-order valence-corrected chi connectivity index (χ4v) is 3.02. The molecule has 0 radical (unpaired) electrons. The van der Waals surface area contributed by atoms with Gasteiger partial charge in [-0.1, -0.05) is 30.3 Å². The molecule has 1 aromatic carbocycles. The monoisotopic (exact) mass is 272 g/mol. The lowest BCUT2D eigenvalue weighted by atomic mass is 9.92. The average Bonchev–Trinajstić information content (AvgIpc) is 3.26. The molecular weight excluding hydrogens is 252 g/mol. The second-order valence-corrected chi connectivity index (χ2v) is 6.26. The maximum absolute atomic E-state index is 12.8. The predicted octanol–water partition coefficient (Wildman–Crippen LogP) is 1.87. The smallest absolute Gasteiger partial charge is 0.250 e. The van der Waals surface area contributed by atoms with Crippen molar-refractivity contribution in [2.24, 2.45) is 5.92 Å². The lowest BCUT2D eigenvalue weighted by molar-refractivity contribution is -0.150. The summed E-state index contributed by atoms with van der Waals surface area (Å²) in [6, 6.07) is 8.91. The van der Waals surface area contributed by atoms with Gasteiger partial charge in [-0.25, -0.2) is 0 Å². The van der Waals surface area contributed by atoms with Crippen molar-refractivity contribution in [2.45, 2.75) is 38.3 Å². The van der Waals surface area contributed by atoms with E-state index in [1.54, 1.807) is 4.90 Å². The van der Waals surface area contributed by atoms with E-state index < -0.39 is 6.04 Å². The van der Waals surface area contributed by atoms with E-state index in [-0.39, 0.29) is 23.9 Å². The van der Waals surface area contributed by atoms with Gasteiger partial charge in [0.1, 0.15) is 12.6 Å². The highest BCUT2D eigenvalue weighted by Gasteiger charge is 2.48. The number of hydrogen-bond donors (Lipinski definition) is 1. The Hall–Kier alpha value is -1.84. The number of benzene rings is 1. The average molecular weight is 272 g/mol. The van der Waals surface area contributed by atoms with Crippen LogP contribution >= 0.6 is 0 Å². The first-order valence-electron chi connectivity index (χ1n) is 7.16. The van der Waals surface area contributed by atoms with Gasteiger partial charge >= 0.3 is 0 Å². The van der Waals surface area contributed by atoms with Gasteiger partial charge in [-0.2, -0.15) is 0 Å². The van der Waals surface area contributed by atoms with E-state index >= 15 is 0 Å². The number of amides is 2. The molecule has 1 aliphatic carbocycles. The van der Waals surface area contributed by atoms with Crippen molar-refractivity contribution in [3.63, 3.8) is 0 Å². The third-order valence-electron chi connectivity index (χ3n) is 4.53. The second kappa shape index (κ2) is 4.62. The maximum Gasteiger partial charge on any atom is 0.250 e. The Bertz CT molecular complexity index is 535. The Morgan fingerprint density at radius 1 is 1.15 bits per heavy atom. The van der Waals surface area contributed by atoms with E-state index in [2.05, 4.69) is 19.2 Å². The van der Waals surface area contributed by atoms with Gasteiger partial charge in [0.05, 0.1) is 0 Å². The SMILES string of the molecule is CC(C)(C1CC1)N1CC(=O)NC(c2ccccc2)C1=O. The number of nitrogens with one attached hydrogen (secondary N) is 1. The lowest BCUT2D eigenvalue weighted by Crippen LogP contribution is -2.60. The Balaban J connectivity index is 1.90. The van der Waals surface area contributed by atoms with E-state index in [4.69, 9.17) is 0 Å². The van der Waals surface area contributed by atoms with Crippen LogP contribution in [0.25, 0.3) is 0 Å². The normalized spacial score (nSPS) is 23.7. The highest BCUT2D eigenvalue weighted by atomic mass is 16.2. The number of carbonyl (C=O) groups is 2. The van der Waals surface area contributed by atoms with E-state index in [0.717, 1.165) is 18.4 Å². The van der Waals surface area contributed by atoms with Crippen LogP contribution in [0.3, 0.4) is 0 Å². The summed E-state index contributed by atoms with van der Waals surface area (Å²) in [7, 11) is 0. The van der Waals surface area contributed by atoms with Crippen molar-refractivity contribution >= 4 is 11.8 Å². The third-order valence-corrected chi connectivity index (χ3v) is 4.53. The van der Waals surface area contributed by atoms with Crippen molar-refractivity contribution < 1.29 is 9.59 Å². The number of nitrogens with zero attached hydrogens (tertiary/aromatic N) is 1. The molecule has 0 aromatic heterocycles. The third kappa shape index (κ3) is 2.19. The highest BCUT2D eigenvalue weighted by Crippen LogP contribution is 2.43. The number of piperazine rings is 1. The summed E-state index contributed by atoms with van der Waals surface area (Å²) < 4.78 is 0. The topological polar surface area (TPSA) is 49.4 Å². The van der Waals surface area contributed by atoms with Gasteiger partial charge in [0.15, 0.2) is 0 Å². The number of carbonyl (C=O) groups excluding carboxylic acids is 2. The zero-order chi connectivity index (χ0) is 14.3. The summed E-state index contributed by atoms with van der Waals surface area (Å²) in [6.07, 6.45) is 2.29. The van der Waals surface area contributed by atoms with Gasteiger partial charge in [-0.15, -0.1) is 0 Å². The summed E-state index contributed by atoms with van der Waals surface area (Å²) in [5, 5.41) is 2.81. The Morgan fingerprint density at radius 2 is 1.80 bits per heavy atom. The van der Waals surface area contributed by atoms with Crippen LogP contribution in [0.5, 0.6) is 0 Å². The standard InChI is InChI=1S/C16H20N2O2/c1-16(2,12-8-9-12)18-10-13(19)17-14(15(18)20)11-6-4-3-5-7-11/h3-7,12,14H,8-10H2,1-2H3,(H,17,19). The molecule has 1 saturated carbocycles. The number of hydrogen-bond acceptors (Lipinski definition) is 2. The minimum absolute atomic E-state index is 0.00713. The minimum Gasteiger partial charge on any atom is -0.339 e. The molecule has 106 valence electrons. The fraction of sp³-hybridized carbons (Fsp3) is 0.500. The molecule has 4 nitrogen and oxygen atoms in total. The van der Waals surface area contributed by atoms with Crippen LogP contribution in [0.15, 0.2) is 30.3 Å². The molecule has 1 aliphatic heterocycles. The van der Waals surface area contributed by atoms with Crippen LogP contribution < -0.4 is 5.32 Å². The molecule has 2 amide bonds. The molecule has 1 unspecified atom stereocenters. The van der Waals surface area contributed by atoms with Crippen LogP contribution in [0.1, 0.15) is 38.3 Å². The quantitative estimate of drug-likeness (QED) is 0.913. The molecule has 0 bridgehead atoms. The summed E-state index contributed by atoms with van der Waals surface area (Å²) in [4.78, 5) is 26.5. The molecule has 1 N–H and O–H groups in total. The first-order chi connectivity index (χ1) is 9.50. The molecule has 2 aliphatic rings. The summed E-state index contributed by atoms with van der Waals surface area (Å²) in [6.45, 7) is 4.32. The first kappa shape index (κ1) is 13.2. The Kier molecular flexibility index (Phi) is 3.04. The van der Waals surface area contributed by atoms with Gasteiger partial charge in [-0.3, -0.25) is 9.59 Å². The molecule has 1 saturated heterocycles. The molecule has 1 heterocycles. The molecule has 1 aromatic rings. The van der Waals surface area contributed by atoms with Crippen molar-refractivity contribution in [3.8, 4) is 0 Å². The van der Waals surface area contributed by atoms with Crippen LogP contribution in [0.2, 0.25) is 0 Å². The van der Waals surface area contributed by atoms with Crippen LogP contribution in [0, 0.1) is 5.92 Å². The molecule has 3 rings (SSSR count). The fourth-order valence-electron chi connectivity index (χ4n) is 3.02. The maximum atomic E-state index is 12.8. The largest absolute Gasteiger partial charge is 0.339 e. The van der Waals surface area contributed by atoms with Gasteiger partial charge < -0.3 is 10.2 Å². The highest BCUT2D eigenvalue weighted by molar-refractivity contribution is 5.96. The second-order valence-electron chi connectivity index (χ2n) is 6.26. The summed E-state index contributed by atoms with van der Waals surface area (Å²) >= 11 is 0. The van der Waals surface area contributed by atoms with Crippen LogP contribution in [-0.4, -0.2) is 28.8 Å². The van der Waals surface area contributed by atoms with E-state index in [1.807, 2.05) is 30.3 Å². The zero-order valence-electron chi connectivity index (χ0n) is 11.9. The van der Waals surface area contributed by atoms with Gasteiger partial charge in [-0.05, 0) is 38.2 Å². The minimum atomic E-state index is -0.546. The number of rotatable bonds is 3. The van der Waals surface area contributed by atoms with Gasteiger partial charge in [0, 0.05) is 5.54 Å². The van der Waals surface area contributed by atoms with Gasteiger partial charge in [0.2, 0.25) is 5.91 Å².